The molecule has 4 atom stereocenters. The van der Waals surface area contributed by atoms with Crippen molar-refractivity contribution in [1.82, 2.24) is 6.23 Å². The molecule has 4 saturated carbocycles. The molecule has 5 fully saturated rings. The monoisotopic (exact) mass is 628 g/mol. The summed E-state index contributed by atoms with van der Waals surface area (Å²) in [4.78, 5) is 0. The van der Waals surface area contributed by atoms with Crippen LogP contribution in [0.15, 0.2) is 0 Å². The Kier molecular flexibility index (Phi) is 10.3. The van der Waals surface area contributed by atoms with Gasteiger partial charge in [-0.25, -0.2) is 0 Å². The van der Waals surface area contributed by atoms with Crippen molar-refractivity contribution in [2.45, 2.75) is 134 Å². The molecule has 0 amide bonds. The van der Waals surface area contributed by atoms with Crippen molar-refractivity contribution in [1.29, 1.82) is 0 Å². The van der Waals surface area contributed by atoms with Crippen molar-refractivity contribution in [2.75, 3.05) is 13.1 Å². The van der Waals surface area contributed by atoms with Gasteiger partial charge in [-0.3, -0.25) is 0 Å². The van der Waals surface area contributed by atoms with Crippen LogP contribution in [0.1, 0.15) is 122 Å². The molecule has 0 N–H and O–H groups in total. The number of hydrogen-bond donors (Lipinski definition) is 0. The van der Waals surface area contributed by atoms with Crippen LogP contribution in [-0.4, -0.2) is 31.4 Å². The normalized spacial score (nSPS) is 38.1. The molecule has 2 nitrogen and oxygen atoms in total. The molecule has 6 heteroatoms. The van der Waals surface area contributed by atoms with E-state index in [1.165, 1.54) is 135 Å². The quantitative estimate of drug-likeness (QED) is 0.170. The predicted octanol–water partition coefficient (Wildman–Crippen LogP) is 10.3. The van der Waals surface area contributed by atoms with Crippen molar-refractivity contribution < 1.29 is 0 Å². The van der Waals surface area contributed by atoms with Gasteiger partial charge in [-0.2, -0.15) is 0 Å². The Morgan fingerprint density at radius 3 is 1.33 bits per heavy atom. The zero-order chi connectivity index (χ0) is 22.6. The first-order valence-electron chi connectivity index (χ1n) is 14.6. The molecule has 5 rings (SSSR count). The Hall–Kier alpha value is 1.66. The Morgan fingerprint density at radius 1 is 0.485 bits per heavy atom. The first kappa shape index (κ1) is 26.3. The SMILES string of the molecule is ClP(Cl)I1N(C2CCCC(C3CCCCC3)C2)CCCN1C1CCCC(C2CCCCC2)C1. The summed E-state index contributed by atoms with van der Waals surface area (Å²) in [7, 11) is 0. The van der Waals surface area contributed by atoms with Crippen molar-refractivity contribution in [2.24, 2.45) is 23.7 Å². The Morgan fingerprint density at radius 2 is 0.909 bits per heavy atom. The van der Waals surface area contributed by atoms with Gasteiger partial charge in [0.25, 0.3) is 0 Å². The molecule has 5 aliphatic rings. The second-order valence-corrected chi connectivity index (χ2v) is 27.0. The van der Waals surface area contributed by atoms with Gasteiger partial charge in [0.1, 0.15) is 0 Å². The molecule has 4 unspecified atom stereocenters. The molecule has 4 aliphatic carbocycles. The fraction of sp³-hybridized carbons (Fsp3) is 1.00. The molecule has 0 radical (unpaired) electrons. The summed E-state index contributed by atoms with van der Waals surface area (Å²) in [6, 6.07) is 1.58. The summed E-state index contributed by atoms with van der Waals surface area (Å²) in [6.45, 7) is 2.58. The zero-order valence-electron chi connectivity index (χ0n) is 20.8. The van der Waals surface area contributed by atoms with Crippen LogP contribution in [0.3, 0.4) is 0 Å². The maximum absolute atomic E-state index is 6.97. The molecule has 0 aromatic heterocycles. The molecular weight excluding hydrogens is 581 g/mol. The van der Waals surface area contributed by atoms with Gasteiger partial charge in [-0.05, 0) is 0 Å². The summed E-state index contributed by atoms with van der Waals surface area (Å²) in [5.41, 5.74) is 0. The van der Waals surface area contributed by atoms with E-state index in [0.717, 1.165) is 35.8 Å². The van der Waals surface area contributed by atoms with E-state index in [0.29, 0.717) is 0 Å². The standard InChI is InChI=1S/C27H48Cl2IN2P/c28-33(29)30-31(26-16-7-14-24(20-26)22-10-3-1-4-11-22)18-9-19-32(30)27-17-8-15-25(21-27)23-12-5-2-6-13-23/h22-27H,1-21H2. The molecule has 1 saturated heterocycles. The topological polar surface area (TPSA) is 6.48 Å². The van der Waals surface area contributed by atoms with E-state index in [-0.39, 0.29) is 0 Å². The number of rotatable bonds is 5. The Bertz CT molecular complexity index is 553. The molecule has 0 aromatic carbocycles. The van der Waals surface area contributed by atoms with E-state index in [9.17, 15) is 0 Å². The molecule has 0 bridgehead atoms. The molecular formula is C27H48Cl2IN2P. The van der Waals surface area contributed by atoms with Gasteiger partial charge in [0.05, 0.1) is 0 Å². The Balaban J connectivity index is 1.26. The molecule has 1 aliphatic heterocycles. The summed E-state index contributed by atoms with van der Waals surface area (Å²) in [6.07, 6.45) is 27.9. The van der Waals surface area contributed by atoms with Gasteiger partial charge < -0.3 is 0 Å². The van der Waals surface area contributed by atoms with Crippen LogP contribution in [0.4, 0.5) is 0 Å². The van der Waals surface area contributed by atoms with Crippen LogP contribution < -0.4 is 0 Å². The molecule has 0 spiro atoms. The van der Waals surface area contributed by atoms with E-state index in [1.54, 1.807) is 0 Å². The van der Waals surface area contributed by atoms with Crippen molar-refractivity contribution in [3.63, 3.8) is 0 Å². The second-order valence-electron chi connectivity index (χ2n) is 12.0. The molecule has 1 heterocycles. The van der Waals surface area contributed by atoms with Gasteiger partial charge in [0.15, 0.2) is 0 Å². The van der Waals surface area contributed by atoms with Gasteiger partial charge >= 0.3 is 224 Å². The van der Waals surface area contributed by atoms with Gasteiger partial charge in [-0.1, -0.05) is 0 Å². The van der Waals surface area contributed by atoms with Crippen LogP contribution >= 0.6 is 46.6 Å². The Labute approximate surface area is 222 Å². The van der Waals surface area contributed by atoms with Crippen LogP contribution in [0.2, 0.25) is 0 Å². The van der Waals surface area contributed by atoms with Gasteiger partial charge in [0, 0.05) is 0 Å². The molecule has 33 heavy (non-hydrogen) atoms. The summed E-state index contributed by atoms with van der Waals surface area (Å²) in [5.74, 6) is 4.01. The van der Waals surface area contributed by atoms with Crippen molar-refractivity contribution in [3.8, 4) is 0 Å². The van der Waals surface area contributed by atoms with Crippen molar-refractivity contribution in [3.05, 3.63) is 0 Å². The average Bonchev–Trinajstić information content (AvgIpc) is 2.89. The van der Waals surface area contributed by atoms with E-state index in [4.69, 9.17) is 22.5 Å². The minimum absolute atomic E-state index is 0.791. The maximum atomic E-state index is 6.97. The first-order valence-corrected chi connectivity index (χ1v) is 22.4. The average molecular weight is 629 g/mol. The third-order valence-electron chi connectivity index (χ3n) is 10.0. The van der Waals surface area contributed by atoms with E-state index in [1.807, 2.05) is 0 Å². The second kappa shape index (κ2) is 12.9. The van der Waals surface area contributed by atoms with Crippen LogP contribution in [0.5, 0.6) is 0 Å². The minimum atomic E-state index is -1.68. The van der Waals surface area contributed by atoms with Crippen LogP contribution in [-0.2, 0) is 0 Å². The van der Waals surface area contributed by atoms with Gasteiger partial charge in [0.2, 0.25) is 0 Å². The third-order valence-corrected chi connectivity index (χ3v) is 24.2. The molecule has 0 aromatic rings. The number of nitrogens with zero attached hydrogens (tertiary/aromatic N) is 2. The predicted molar refractivity (Wildman–Crippen MR) is 155 cm³/mol. The third kappa shape index (κ3) is 6.57. The molecule has 192 valence electrons. The summed E-state index contributed by atoms with van der Waals surface area (Å²) in [5, 5.41) is 0. The van der Waals surface area contributed by atoms with E-state index < -0.39 is 24.1 Å². The van der Waals surface area contributed by atoms with Crippen LogP contribution in [0.25, 0.3) is 0 Å². The van der Waals surface area contributed by atoms with E-state index >= 15 is 0 Å². The fourth-order valence-corrected chi connectivity index (χ4v) is 24.5. The van der Waals surface area contributed by atoms with Crippen molar-refractivity contribution >= 4 is 46.6 Å². The number of hydrogen-bond acceptors (Lipinski definition) is 2. The first-order chi connectivity index (χ1) is 16.2. The number of halogens is 3. The van der Waals surface area contributed by atoms with Crippen LogP contribution in [0, 0.1) is 23.7 Å². The van der Waals surface area contributed by atoms with Gasteiger partial charge in [-0.15, -0.1) is 0 Å². The summed E-state index contributed by atoms with van der Waals surface area (Å²) < 4.78 is 5.15. The van der Waals surface area contributed by atoms with E-state index in [2.05, 4.69) is 6.23 Å². The fourth-order valence-electron chi connectivity index (χ4n) is 8.39. The summed E-state index contributed by atoms with van der Waals surface area (Å²) >= 11 is 12.3. The zero-order valence-corrected chi connectivity index (χ0v) is 25.4.